The summed E-state index contributed by atoms with van der Waals surface area (Å²) in [5.74, 6) is 1.68. The van der Waals surface area contributed by atoms with E-state index in [1.54, 1.807) is 20.3 Å². The fourth-order valence-corrected chi connectivity index (χ4v) is 6.28. The van der Waals surface area contributed by atoms with Gasteiger partial charge in [0.1, 0.15) is 11.5 Å². The lowest BCUT2D eigenvalue weighted by Gasteiger charge is -2.17. The summed E-state index contributed by atoms with van der Waals surface area (Å²) >= 11 is 7.23. The van der Waals surface area contributed by atoms with Crippen LogP contribution >= 0.6 is 31.9 Å². The van der Waals surface area contributed by atoms with Gasteiger partial charge in [-0.1, -0.05) is 134 Å². The average molecular weight is 765 g/mol. The van der Waals surface area contributed by atoms with Crippen molar-refractivity contribution < 1.29 is 19.1 Å². The zero-order valence-corrected chi connectivity index (χ0v) is 30.4. The summed E-state index contributed by atoms with van der Waals surface area (Å²) in [6.45, 7) is 4.09. The molecule has 0 heterocycles. The van der Waals surface area contributed by atoms with Gasteiger partial charge in [-0.05, 0) is 89.0 Å². The number of ether oxygens (including phenoxy) is 2. The minimum absolute atomic E-state index is 0.00305. The first kappa shape index (κ1) is 34.8. The van der Waals surface area contributed by atoms with Gasteiger partial charge < -0.3 is 9.47 Å². The van der Waals surface area contributed by atoms with Crippen LogP contribution < -0.4 is 9.47 Å². The number of carbonyl (C=O) groups excluding carboxylic acids is 2. The third-order valence-corrected chi connectivity index (χ3v) is 10.8. The lowest BCUT2D eigenvalue weighted by atomic mass is 9.99. The number of hydrogen-bond acceptors (Lipinski definition) is 4. The maximum absolute atomic E-state index is 12.9. The van der Waals surface area contributed by atoms with E-state index >= 15 is 0 Å². The molecule has 2 unspecified atom stereocenters. The molecule has 0 aliphatic heterocycles. The second kappa shape index (κ2) is 16.1. The Morgan fingerprint density at radius 3 is 1.58 bits per heavy atom. The molecule has 0 aliphatic carbocycles. The van der Waals surface area contributed by atoms with E-state index in [-0.39, 0.29) is 21.2 Å². The summed E-state index contributed by atoms with van der Waals surface area (Å²) in [4.78, 5) is 24.8. The Kier molecular flexibility index (Phi) is 11.6. The van der Waals surface area contributed by atoms with Gasteiger partial charge in [0.15, 0.2) is 11.6 Å². The standard InChI is InChI=1S/C21H18Br2O2.C21H18O2/c1-13-3-5-14(6-4-13)19(22)20(23)21(24)17-8-7-16-12-18(25-2)10-9-15(16)11-17;1-15-3-5-16(6-4-15)7-12-21(22)19-9-8-18-14-20(23-2)11-10-17(18)13-19/h3-12,19-20H,1-2H3;3-14H,1-2H3/b;12-7+. The van der Waals surface area contributed by atoms with Crippen molar-refractivity contribution in [3.8, 4) is 11.5 Å². The predicted octanol–water partition coefficient (Wildman–Crippen LogP) is 11.3. The SMILES string of the molecule is COc1ccc2cc(C(=O)/C=C/c3ccc(C)cc3)ccc2c1.COc1ccc2cc(C(=O)C(Br)C(Br)c3ccc(C)cc3)ccc2c1. The van der Waals surface area contributed by atoms with Gasteiger partial charge in [0, 0.05) is 11.1 Å². The van der Waals surface area contributed by atoms with E-state index in [4.69, 9.17) is 9.47 Å². The molecule has 0 aromatic heterocycles. The minimum atomic E-state index is -0.342. The molecule has 0 saturated heterocycles. The van der Waals surface area contributed by atoms with Gasteiger partial charge in [-0.2, -0.15) is 0 Å². The van der Waals surface area contributed by atoms with Crippen molar-refractivity contribution >= 4 is 71.0 Å². The van der Waals surface area contributed by atoms with Crippen molar-refractivity contribution in [2.45, 2.75) is 23.5 Å². The molecule has 0 N–H and O–H groups in total. The number of fused-ring (bicyclic) bond motifs is 2. The number of carbonyl (C=O) groups is 2. The van der Waals surface area contributed by atoms with E-state index < -0.39 is 0 Å². The molecular formula is C42H36Br2O4. The van der Waals surface area contributed by atoms with Crippen LogP contribution in [0.2, 0.25) is 0 Å². The Balaban J connectivity index is 0.000000188. The summed E-state index contributed by atoms with van der Waals surface area (Å²) < 4.78 is 10.5. The van der Waals surface area contributed by atoms with E-state index in [2.05, 4.69) is 44.0 Å². The Morgan fingerprint density at radius 1 is 0.583 bits per heavy atom. The number of ketones is 2. The molecule has 0 radical (unpaired) electrons. The van der Waals surface area contributed by atoms with Gasteiger partial charge in [0.05, 0.1) is 23.9 Å². The Bertz CT molecular complexity index is 2080. The fourth-order valence-electron chi connectivity index (χ4n) is 5.17. The minimum Gasteiger partial charge on any atom is -0.497 e. The fraction of sp³-hybridized carbons (Fsp3) is 0.143. The number of methoxy groups -OCH3 is 2. The smallest absolute Gasteiger partial charge is 0.185 e. The topological polar surface area (TPSA) is 52.6 Å². The zero-order chi connectivity index (χ0) is 34.2. The zero-order valence-electron chi connectivity index (χ0n) is 27.2. The van der Waals surface area contributed by atoms with Gasteiger partial charge >= 0.3 is 0 Å². The maximum Gasteiger partial charge on any atom is 0.185 e. The van der Waals surface area contributed by atoms with E-state index in [1.807, 2.05) is 129 Å². The number of rotatable bonds is 9. The lowest BCUT2D eigenvalue weighted by Crippen LogP contribution is -2.19. The van der Waals surface area contributed by atoms with E-state index in [1.165, 1.54) is 11.1 Å². The van der Waals surface area contributed by atoms with Crippen LogP contribution in [0, 0.1) is 13.8 Å². The summed E-state index contributed by atoms with van der Waals surface area (Å²) in [5.41, 5.74) is 5.88. The molecule has 6 rings (SSSR count). The molecule has 0 amide bonds. The number of Topliss-reactive ketones (excluding diaryl/α,β-unsaturated/α-hetero) is 1. The first-order valence-electron chi connectivity index (χ1n) is 15.5. The van der Waals surface area contributed by atoms with E-state index in [0.29, 0.717) is 11.1 Å². The summed E-state index contributed by atoms with van der Waals surface area (Å²) in [5, 5.41) is 4.16. The first-order valence-corrected chi connectivity index (χ1v) is 17.3. The molecule has 0 saturated carbocycles. The molecule has 6 aromatic rings. The van der Waals surface area contributed by atoms with E-state index in [9.17, 15) is 9.59 Å². The van der Waals surface area contributed by atoms with Crippen LogP contribution in [0.1, 0.15) is 47.8 Å². The molecule has 6 aromatic carbocycles. The van der Waals surface area contributed by atoms with E-state index in [0.717, 1.165) is 44.2 Å². The highest BCUT2D eigenvalue weighted by Gasteiger charge is 2.26. The highest BCUT2D eigenvalue weighted by Crippen LogP contribution is 2.34. The van der Waals surface area contributed by atoms with Gasteiger partial charge in [-0.3, -0.25) is 9.59 Å². The Labute approximate surface area is 298 Å². The quantitative estimate of drug-likeness (QED) is 0.0836. The number of aryl methyl sites for hydroxylation is 2. The van der Waals surface area contributed by atoms with Gasteiger partial charge in [0.25, 0.3) is 0 Å². The molecule has 4 nitrogen and oxygen atoms in total. The highest BCUT2D eigenvalue weighted by atomic mass is 79.9. The van der Waals surface area contributed by atoms with Crippen LogP contribution in [0.5, 0.6) is 11.5 Å². The largest absolute Gasteiger partial charge is 0.497 e. The van der Waals surface area contributed by atoms with Crippen molar-refractivity contribution in [3.05, 3.63) is 161 Å². The number of alkyl halides is 2. The number of benzene rings is 6. The molecule has 0 spiro atoms. The Hall–Kier alpha value is -4.52. The van der Waals surface area contributed by atoms with Crippen LogP contribution in [0.3, 0.4) is 0 Å². The average Bonchev–Trinajstić information content (AvgIpc) is 3.13. The van der Waals surface area contributed by atoms with Crippen molar-refractivity contribution in [1.82, 2.24) is 0 Å². The highest BCUT2D eigenvalue weighted by molar-refractivity contribution is 9.12. The van der Waals surface area contributed by atoms with Crippen LogP contribution in [0.25, 0.3) is 27.6 Å². The van der Waals surface area contributed by atoms with Crippen LogP contribution in [-0.2, 0) is 0 Å². The summed E-state index contributed by atoms with van der Waals surface area (Å²) in [6.07, 6.45) is 3.47. The molecule has 48 heavy (non-hydrogen) atoms. The van der Waals surface area contributed by atoms with Crippen molar-refractivity contribution in [2.75, 3.05) is 14.2 Å². The van der Waals surface area contributed by atoms with Crippen molar-refractivity contribution in [2.24, 2.45) is 0 Å². The summed E-state index contributed by atoms with van der Waals surface area (Å²) in [7, 11) is 3.30. The second-order valence-corrected chi connectivity index (χ2v) is 13.5. The normalized spacial score (nSPS) is 12.3. The second-order valence-electron chi connectivity index (χ2n) is 11.5. The molecule has 0 fully saturated rings. The van der Waals surface area contributed by atoms with Gasteiger partial charge in [-0.25, -0.2) is 0 Å². The van der Waals surface area contributed by atoms with Crippen LogP contribution in [-0.4, -0.2) is 30.6 Å². The van der Waals surface area contributed by atoms with Crippen LogP contribution in [0.15, 0.2) is 127 Å². The first-order chi connectivity index (χ1) is 23.1. The summed E-state index contributed by atoms with van der Waals surface area (Å²) in [6, 6.07) is 39.4. The third kappa shape index (κ3) is 8.68. The molecule has 242 valence electrons. The predicted molar refractivity (Wildman–Crippen MR) is 205 cm³/mol. The molecular weight excluding hydrogens is 728 g/mol. The number of hydrogen-bond donors (Lipinski definition) is 0. The molecule has 0 bridgehead atoms. The third-order valence-electron chi connectivity index (χ3n) is 8.07. The van der Waals surface area contributed by atoms with Gasteiger partial charge in [-0.15, -0.1) is 0 Å². The molecule has 6 heteroatoms. The number of halogens is 2. The lowest BCUT2D eigenvalue weighted by molar-refractivity contribution is 0.0990. The monoisotopic (exact) mass is 762 g/mol. The Morgan fingerprint density at radius 2 is 1.04 bits per heavy atom. The van der Waals surface area contributed by atoms with Crippen molar-refractivity contribution in [3.63, 3.8) is 0 Å². The molecule has 0 aliphatic rings. The number of allylic oxidation sites excluding steroid dienone is 1. The van der Waals surface area contributed by atoms with Gasteiger partial charge in [0.2, 0.25) is 0 Å². The van der Waals surface area contributed by atoms with Crippen molar-refractivity contribution in [1.29, 1.82) is 0 Å². The molecule has 2 atom stereocenters. The van der Waals surface area contributed by atoms with Crippen LogP contribution in [0.4, 0.5) is 0 Å². The maximum atomic E-state index is 12.9.